The third-order valence-corrected chi connectivity index (χ3v) is 5.94. The molecule has 0 saturated carbocycles. The highest BCUT2D eigenvalue weighted by Crippen LogP contribution is 2.32. The smallest absolute Gasteiger partial charge is 0.0975 e. The van der Waals surface area contributed by atoms with Crippen molar-refractivity contribution in [2.75, 3.05) is 0 Å². The van der Waals surface area contributed by atoms with Gasteiger partial charge in [-0.2, -0.15) is 5.10 Å². The largest absolute Gasteiger partial charge is 0.242 e. The van der Waals surface area contributed by atoms with Crippen LogP contribution in [0, 0.1) is 6.92 Å². The number of nitrogens with one attached hydrogen (secondary N) is 1. The Morgan fingerprint density at radius 1 is 1.30 bits per heavy atom. The molecule has 1 unspecified atom stereocenters. The number of hydrogen-bond donors (Lipinski definition) is 1. The second-order valence-corrected chi connectivity index (χ2v) is 9.19. The summed E-state index contributed by atoms with van der Waals surface area (Å²) in [6.07, 6.45) is 5.06. The van der Waals surface area contributed by atoms with Gasteiger partial charge in [0.1, 0.15) is 0 Å². The quantitative estimate of drug-likeness (QED) is 0.934. The zero-order valence-electron chi connectivity index (χ0n) is 14.3. The topological polar surface area (TPSA) is 46.9 Å². The summed E-state index contributed by atoms with van der Waals surface area (Å²) in [5, 5.41) is 4.63. The van der Waals surface area contributed by atoms with Gasteiger partial charge in [-0.1, -0.05) is 18.2 Å². The molecule has 124 valence electrons. The van der Waals surface area contributed by atoms with Gasteiger partial charge in [0, 0.05) is 17.3 Å². The molecule has 1 aliphatic rings. The Morgan fingerprint density at radius 2 is 2.04 bits per heavy atom. The molecule has 2 atom stereocenters. The van der Waals surface area contributed by atoms with Crippen molar-refractivity contribution in [2.24, 2.45) is 0 Å². The molecule has 0 bridgehead atoms. The summed E-state index contributed by atoms with van der Waals surface area (Å²) in [7, 11) is -1.07. The van der Waals surface area contributed by atoms with Crippen LogP contribution in [0.15, 0.2) is 30.5 Å². The van der Waals surface area contributed by atoms with Crippen molar-refractivity contribution in [3.8, 4) is 5.69 Å². The van der Waals surface area contributed by atoms with Crippen LogP contribution in [0.25, 0.3) is 5.69 Å². The molecule has 1 aromatic carbocycles. The van der Waals surface area contributed by atoms with Crippen molar-refractivity contribution in [3.63, 3.8) is 0 Å². The normalized spacial score (nSPS) is 19.4. The number of hydrogen-bond acceptors (Lipinski definition) is 2. The van der Waals surface area contributed by atoms with Crippen LogP contribution in [0.3, 0.4) is 0 Å². The highest BCUT2D eigenvalue weighted by atomic mass is 32.2. The van der Waals surface area contributed by atoms with Gasteiger partial charge < -0.3 is 0 Å². The maximum Gasteiger partial charge on any atom is 0.0975 e. The van der Waals surface area contributed by atoms with E-state index < -0.39 is 11.0 Å². The van der Waals surface area contributed by atoms with Gasteiger partial charge in [0.25, 0.3) is 0 Å². The van der Waals surface area contributed by atoms with Crippen LogP contribution < -0.4 is 4.72 Å². The minimum absolute atomic E-state index is 0.122. The lowest BCUT2D eigenvalue weighted by Crippen LogP contribution is -2.36. The molecule has 2 aromatic rings. The van der Waals surface area contributed by atoms with E-state index in [-0.39, 0.29) is 10.8 Å². The monoisotopic (exact) mass is 331 g/mol. The second-order valence-electron chi connectivity index (χ2n) is 7.19. The number of aryl methyl sites for hydroxylation is 1. The molecule has 0 saturated heterocycles. The number of rotatable bonds is 3. The standard InChI is InChI=1S/C18H25N3OS/c1-13-8-5-6-10-16(13)21-17-11-7-9-15(14(17)12-19-21)20-23(22)18(2,3)4/h5-6,8,10,12,15,20H,7,9,11H2,1-4H3/t15-,23?/m1/s1. The number of aromatic nitrogens is 2. The first-order valence-corrected chi connectivity index (χ1v) is 9.34. The number of benzene rings is 1. The van der Waals surface area contributed by atoms with Gasteiger partial charge in [0.05, 0.1) is 27.6 Å². The SMILES string of the molecule is Cc1ccccc1-n1ncc2c1CCC[C@H]2NS(=O)C(C)(C)C. The first-order chi connectivity index (χ1) is 10.9. The lowest BCUT2D eigenvalue weighted by Gasteiger charge is -2.27. The van der Waals surface area contributed by atoms with E-state index >= 15 is 0 Å². The third-order valence-electron chi connectivity index (χ3n) is 4.33. The molecule has 0 radical (unpaired) electrons. The molecule has 5 heteroatoms. The molecule has 3 rings (SSSR count). The molecule has 0 aliphatic heterocycles. The number of nitrogens with zero attached hydrogens (tertiary/aromatic N) is 2. The Balaban J connectivity index is 1.93. The first kappa shape index (κ1) is 16.4. The van der Waals surface area contributed by atoms with Gasteiger partial charge in [0.15, 0.2) is 0 Å². The molecule has 0 spiro atoms. The van der Waals surface area contributed by atoms with Gasteiger partial charge >= 0.3 is 0 Å². The van der Waals surface area contributed by atoms with Crippen molar-refractivity contribution in [1.82, 2.24) is 14.5 Å². The van der Waals surface area contributed by atoms with Crippen LogP contribution in [-0.4, -0.2) is 18.7 Å². The molecule has 1 N–H and O–H groups in total. The zero-order valence-corrected chi connectivity index (χ0v) is 15.1. The fourth-order valence-electron chi connectivity index (χ4n) is 2.99. The highest BCUT2D eigenvalue weighted by molar-refractivity contribution is 7.84. The minimum atomic E-state index is -1.07. The molecule has 1 heterocycles. The molecular weight excluding hydrogens is 306 g/mol. The van der Waals surface area contributed by atoms with Crippen LogP contribution in [-0.2, 0) is 17.4 Å². The zero-order chi connectivity index (χ0) is 16.6. The summed E-state index contributed by atoms with van der Waals surface area (Å²) < 4.78 is 17.6. The van der Waals surface area contributed by atoms with Crippen LogP contribution in [0.1, 0.15) is 56.5 Å². The van der Waals surface area contributed by atoms with Gasteiger partial charge in [-0.3, -0.25) is 0 Å². The lowest BCUT2D eigenvalue weighted by molar-refractivity contribution is 0.516. The second kappa shape index (κ2) is 6.21. The lowest BCUT2D eigenvalue weighted by atomic mass is 9.93. The Labute approximate surface area is 140 Å². The fourth-order valence-corrected chi connectivity index (χ4v) is 3.85. The van der Waals surface area contributed by atoms with E-state index in [1.54, 1.807) is 0 Å². The van der Waals surface area contributed by atoms with Crippen molar-refractivity contribution >= 4 is 11.0 Å². The van der Waals surface area contributed by atoms with E-state index in [9.17, 15) is 4.21 Å². The van der Waals surface area contributed by atoms with Gasteiger partial charge in [0.2, 0.25) is 0 Å². The van der Waals surface area contributed by atoms with E-state index in [0.717, 1.165) is 24.9 Å². The molecule has 4 nitrogen and oxygen atoms in total. The van der Waals surface area contributed by atoms with Crippen molar-refractivity contribution in [1.29, 1.82) is 0 Å². The van der Waals surface area contributed by atoms with Crippen LogP contribution in [0.4, 0.5) is 0 Å². The van der Waals surface area contributed by atoms with E-state index in [1.165, 1.54) is 16.8 Å². The van der Waals surface area contributed by atoms with E-state index in [4.69, 9.17) is 0 Å². The summed E-state index contributed by atoms with van der Waals surface area (Å²) >= 11 is 0. The molecule has 0 amide bonds. The maximum absolute atomic E-state index is 12.4. The average molecular weight is 331 g/mol. The summed E-state index contributed by atoms with van der Waals surface area (Å²) in [5.41, 5.74) is 4.78. The van der Waals surface area contributed by atoms with Crippen molar-refractivity contribution in [2.45, 2.75) is 57.7 Å². The molecule has 23 heavy (non-hydrogen) atoms. The Hall–Kier alpha value is -1.46. The molecule has 1 aromatic heterocycles. The van der Waals surface area contributed by atoms with Crippen LogP contribution in [0.2, 0.25) is 0 Å². The summed E-state index contributed by atoms with van der Waals surface area (Å²) in [6, 6.07) is 8.43. The maximum atomic E-state index is 12.4. The Kier molecular flexibility index (Phi) is 4.43. The van der Waals surface area contributed by atoms with Gasteiger partial charge in [-0.15, -0.1) is 0 Å². The molecule has 0 fully saturated rings. The predicted molar refractivity (Wildman–Crippen MR) is 95.0 cm³/mol. The van der Waals surface area contributed by atoms with Gasteiger partial charge in [-0.25, -0.2) is 13.6 Å². The summed E-state index contributed by atoms with van der Waals surface area (Å²) in [5.74, 6) is 0. The van der Waals surface area contributed by atoms with Crippen LogP contribution >= 0.6 is 0 Å². The number of fused-ring (bicyclic) bond motifs is 1. The fraction of sp³-hybridized carbons (Fsp3) is 0.500. The first-order valence-electron chi connectivity index (χ1n) is 8.19. The third kappa shape index (κ3) is 3.26. The molecular formula is C18H25N3OS. The predicted octanol–water partition coefficient (Wildman–Crippen LogP) is 3.61. The summed E-state index contributed by atoms with van der Waals surface area (Å²) in [4.78, 5) is 0. The van der Waals surface area contributed by atoms with Crippen molar-refractivity contribution in [3.05, 3.63) is 47.3 Å². The van der Waals surface area contributed by atoms with E-state index in [1.807, 2.05) is 39.1 Å². The Morgan fingerprint density at radius 3 is 2.74 bits per heavy atom. The van der Waals surface area contributed by atoms with Crippen LogP contribution in [0.5, 0.6) is 0 Å². The number of para-hydroxylation sites is 1. The van der Waals surface area contributed by atoms with Crippen molar-refractivity contribution < 1.29 is 4.21 Å². The van der Waals surface area contributed by atoms with Gasteiger partial charge in [-0.05, 0) is 58.6 Å². The van der Waals surface area contributed by atoms with E-state index in [2.05, 4.69) is 33.6 Å². The van der Waals surface area contributed by atoms with E-state index in [0.29, 0.717) is 0 Å². The summed E-state index contributed by atoms with van der Waals surface area (Å²) in [6.45, 7) is 8.10. The molecule has 1 aliphatic carbocycles. The highest BCUT2D eigenvalue weighted by Gasteiger charge is 2.29. The Bertz CT molecular complexity index is 730. The minimum Gasteiger partial charge on any atom is -0.242 e. The average Bonchev–Trinajstić information content (AvgIpc) is 2.91.